The van der Waals surface area contributed by atoms with Crippen LogP contribution in [0.15, 0.2) is 18.2 Å². The summed E-state index contributed by atoms with van der Waals surface area (Å²) in [6.07, 6.45) is 6.60. The first-order valence-corrected chi connectivity index (χ1v) is 9.42. The first-order valence-electron chi connectivity index (χ1n) is 9.42. The molecule has 1 aliphatic heterocycles. The molecule has 1 amide bonds. The summed E-state index contributed by atoms with van der Waals surface area (Å²) in [6.45, 7) is 1.08. The van der Waals surface area contributed by atoms with Gasteiger partial charge in [-0.1, -0.05) is 25.3 Å². The number of nitrogens with zero attached hydrogens (tertiary/aromatic N) is 1. The fraction of sp³-hybridized carbons (Fsp3) is 0.650. The summed E-state index contributed by atoms with van der Waals surface area (Å²) in [4.78, 5) is 15.1. The maximum absolute atomic E-state index is 14.4. The number of halogens is 2. The highest BCUT2D eigenvalue weighted by atomic mass is 19.1. The van der Waals surface area contributed by atoms with Gasteiger partial charge in [-0.3, -0.25) is 4.79 Å². The van der Waals surface area contributed by atoms with Gasteiger partial charge in [0.1, 0.15) is 11.6 Å². The smallest absolute Gasteiger partial charge is 0.233 e. The first-order chi connectivity index (χ1) is 11.9. The van der Waals surface area contributed by atoms with Crippen molar-refractivity contribution in [1.82, 2.24) is 4.90 Å². The number of piperidine rings is 1. The Hall–Kier alpha value is -1.49. The van der Waals surface area contributed by atoms with Crippen LogP contribution in [-0.4, -0.2) is 34.6 Å². The number of likely N-dealkylation sites (tertiary alicyclic amines) is 1. The molecule has 2 atom stereocenters. The molecule has 1 saturated heterocycles. The molecule has 1 aromatic carbocycles. The molecule has 0 bridgehead atoms. The van der Waals surface area contributed by atoms with Crippen molar-refractivity contribution in [2.75, 3.05) is 13.1 Å². The lowest BCUT2D eigenvalue weighted by molar-refractivity contribution is -0.152. The molecule has 0 spiro atoms. The summed E-state index contributed by atoms with van der Waals surface area (Å²) >= 11 is 0. The van der Waals surface area contributed by atoms with Crippen molar-refractivity contribution >= 4 is 5.91 Å². The molecule has 1 heterocycles. The van der Waals surface area contributed by atoms with Gasteiger partial charge in [0.15, 0.2) is 0 Å². The Morgan fingerprint density at radius 3 is 2.60 bits per heavy atom. The number of hydrogen-bond acceptors (Lipinski definition) is 2. The molecule has 136 valence electrons. The molecule has 0 aromatic heterocycles. The average Bonchev–Trinajstić information content (AvgIpc) is 2.54. The van der Waals surface area contributed by atoms with E-state index in [2.05, 4.69) is 0 Å². The van der Waals surface area contributed by atoms with Crippen LogP contribution >= 0.6 is 0 Å². The van der Waals surface area contributed by atoms with Gasteiger partial charge in [0.25, 0.3) is 0 Å². The minimum Gasteiger partial charge on any atom is -0.389 e. The van der Waals surface area contributed by atoms with E-state index < -0.39 is 22.7 Å². The van der Waals surface area contributed by atoms with Crippen LogP contribution < -0.4 is 0 Å². The number of hydrogen-bond donors (Lipinski definition) is 1. The summed E-state index contributed by atoms with van der Waals surface area (Å²) in [7, 11) is 0. The van der Waals surface area contributed by atoms with Gasteiger partial charge >= 0.3 is 0 Å². The number of carbonyl (C=O) groups is 1. The van der Waals surface area contributed by atoms with Crippen molar-refractivity contribution in [2.24, 2.45) is 5.92 Å². The van der Waals surface area contributed by atoms with Gasteiger partial charge in [0, 0.05) is 30.6 Å². The van der Waals surface area contributed by atoms with E-state index >= 15 is 0 Å². The number of carbonyl (C=O) groups excluding carboxylic acids is 1. The van der Waals surface area contributed by atoms with Crippen molar-refractivity contribution in [1.29, 1.82) is 0 Å². The highest BCUT2D eigenvalue weighted by Gasteiger charge is 2.52. The Morgan fingerprint density at radius 2 is 1.92 bits per heavy atom. The predicted octanol–water partition coefficient (Wildman–Crippen LogP) is 3.54. The maximum Gasteiger partial charge on any atom is 0.233 e. The minimum absolute atomic E-state index is 0.0446. The number of fused-ring (bicyclic) bond motifs is 1. The van der Waals surface area contributed by atoms with E-state index in [-0.39, 0.29) is 11.8 Å². The van der Waals surface area contributed by atoms with Crippen molar-refractivity contribution < 1.29 is 18.7 Å². The second-order valence-electron chi connectivity index (χ2n) is 8.11. The van der Waals surface area contributed by atoms with Crippen molar-refractivity contribution in [3.8, 4) is 0 Å². The summed E-state index contributed by atoms with van der Waals surface area (Å²) < 4.78 is 27.7. The van der Waals surface area contributed by atoms with Gasteiger partial charge in [-0.05, 0) is 38.2 Å². The van der Waals surface area contributed by atoms with Gasteiger partial charge in [0.05, 0.1) is 11.0 Å². The highest BCUT2D eigenvalue weighted by Crippen LogP contribution is 2.48. The van der Waals surface area contributed by atoms with Crippen molar-refractivity contribution in [2.45, 2.75) is 62.4 Å². The monoisotopic (exact) mass is 349 g/mol. The third kappa shape index (κ3) is 2.67. The molecule has 1 N–H and O–H groups in total. The van der Waals surface area contributed by atoms with E-state index in [4.69, 9.17) is 0 Å². The van der Waals surface area contributed by atoms with Gasteiger partial charge in [-0.25, -0.2) is 8.78 Å². The van der Waals surface area contributed by atoms with E-state index in [1.807, 2.05) is 4.90 Å². The molecule has 2 saturated carbocycles. The molecule has 4 rings (SSSR count). The topological polar surface area (TPSA) is 40.5 Å². The molecule has 1 aromatic rings. The Kier molecular flexibility index (Phi) is 4.10. The lowest BCUT2D eigenvalue weighted by Gasteiger charge is -2.51. The molecule has 2 unspecified atom stereocenters. The molecule has 3 nitrogen and oxygen atoms in total. The second kappa shape index (κ2) is 6.04. The fourth-order valence-corrected chi connectivity index (χ4v) is 5.06. The zero-order valence-electron chi connectivity index (χ0n) is 14.4. The predicted molar refractivity (Wildman–Crippen MR) is 90.0 cm³/mol. The minimum atomic E-state index is -0.845. The van der Waals surface area contributed by atoms with E-state index in [1.54, 1.807) is 0 Å². The Bertz CT molecular complexity index is 688. The molecular formula is C20H25F2NO2. The molecule has 5 heteroatoms. The Labute approximate surface area is 147 Å². The largest absolute Gasteiger partial charge is 0.389 e. The molecular weight excluding hydrogens is 324 g/mol. The highest BCUT2D eigenvalue weighted by molar-refractivity contribution is 5.89. The maximum atomic E-state index is 14.4. The third-order valence-electron chi connectivity index (χ3n) is 6.78. The lowest BCUT2D eigenvalue weighted by Crippen LogP contribution is -2.59. The number of benzene rings is 1. The van der Waals surface area contributed by atoms with Crippen LogP contribution in [0.5, 0.6) is 0 Å². The second-order valence-corrected chi connectivity index (χ2v) is 8.11. The van der Waals surface area contributed by atoms with Gasteiger partial charge < -0.3 is 10.0 Å². The Morgan fingerprint density at radius 1 is 1.12 bits per heavy atom. The molecule has 25 heavy (non-hydrogen) atoms. The number of amides is 1. The first kappa shape index (κ1) is 17.0. The number of rotatable bonds is 2. The zero-order chi connectivity index (χ0) is 17.7. The van der Waals surface area contributed by atoms with Crippen LogP contribution in [-0.2, 0) is 10.2 Å². The van der Waals surface area contributed by atoms with Crippen LogP contribution in [0.3, 0.4) is 0 Å². The SMILES string of the molecule is O=C(N1CCC2(O)CCCCC2C1)C1(c2ccc(F)cc2F)CCC1. The van der Waals surface area contributed by atoms with Gasteiger partial charge in [0.2, 0.25) is 5.91 Å². The van der Waals surface area contributed by atoms with E-state index in [9.17, 15) is 18.7 Å². The molecule has 3 aliphatic rings. The summed E-state index contributed by atoms with van der Waals surface area (Å²) in [5.41, 5.74) is -1.15. The van der Waals surface area contributed by atoms with E-state index in [0.717, 1.165) is 38.2 Å². The Balaban J connectivity index is 1.59. The summed E-state index contributed by atoms with van der Waals surface area (Å²) in [6, 6.07) is 3.54. The van der Waals surface area contributed by atoms with Gasteiger partial charge in [-0.15, -0.1) is 0 Å². The van der Waals surface area contributed by atoms with Crippen molar-refractivity contribution in [3.63, 3.8) is 0 Å². The van der Waals surface area contributed by atoms with Crippen LogP contribution in [0, 0.1) is 17.6 Å². The number of aliphatic hydroxyl groups is 1. The van der Waals surface area contributed by atoms with Crippen LogP contribution in [0.2, 0.25) is 0 Å². The lowest BCUT2D eigenvalue weighted by atomic mass is 9.62. The van der Waals surface area contributed by atoms with Crippen LogP contribution in [0.1, 0.15) is 56.9 Å². The normalized spacial score (nSPS) is 31.2. The van der Waals surface area contributed by atoms with Crippen LogP contribution in [0.25, 0.3) is 0 Å². The fourth-order valence-electron chi connectivity index (χ4n) is 5.06. The third-order valence-corrected chi connectivity index (χ3v) is 6.78. The quantitative estimate of drug-likeness (QED) is 0.887. The standard InChI is InChI=1S/C20H25F2NO2/c21-15-5-6-16(17(22)12-15)19(7-3-8-19)18(24)23-11-10-20(25)9-2-1-4-14(20)13-23/h5-6,12,14,25H,1-4,7-11,13H2. The van der Waals surface area contributed by atoms with Crippen LogP contribution in [0.4, 0.5) is 8.78 Å². The molecule has 0 radical (unpaired) electrons. The zero-order valence-corrected chi connectivity index (χ0v) is 14.4. The summed E-state index contributed by atoms with van der Waals surface area (Å²) in [5, 5.41) is 10.8. The summed E-state index contributed by atoms with van der Waals surface area (Å²) in [5.74, 6) is -1.17. The van der Waals surface area contributed by atoms with Crippen molar-refractivity contribution in [3.05, 3.63) is 35.4 Å². The average molecular weight is 349 g/mol. The molecule has 3 fully saturated rings. The van der Waals surface area contributed by atoms with E-state index in [0.29, 0.717) is 37.9 Å². The van der Waals surface area contributed by atoms with Gasteiger partial charge in [-0.2, -0.15) is 0 Å². The molecule has 2 aliphatic carbocycles. The van der Waals surface area contributed by atoms with E-state index in [1.165, 1.54) is 12.1 Å².